The topological polar surface area (TPSA) is 3.24 Å². The second kappa shape index (κ2) is 6.36. The second-order valence-electron chi connectivity index (χ2n) is 3.08. The third-order valence-corrected chi connectivity index (χ3v) is 6.28. The molecule has 0 atom stereocenters. The fourth-order valence-corrected chi connectivity index (χ4v) is 5.25. The van der Waals surface area contributed by atoms with Crippen LogP contribution in [0.5, 0.6) is 0 Å². The van der Waals surface area contributed by atoms with Gasteiger partial charge in [0.2, 0.25) is 0 Å². The number of halogens is 2. The van der Waals surface area contributed by atoms with Gasteiger partial charge < -0.3 is 4.90 Å². The minimum absolute atomic E-state index is 0.244. The maximum atomic E-state index is 3.61. The van der Waals surface area contributed by atoms with Crippen LogP contribution in [0.4, 0.5) is 5.69 Å². The van der Waals surface area contributed by atoms with Gasteiger partial charge in [-0.2, -0.15) is 0 Å². The highest BCUT2D eigenvalue weighted by Gasteiger charge is 2.05. The molecule has 0 aliphatic rings. The summed E-state index contributed by atoms with van der Waals surface area (Å²) < 4.78 is 2.67. The molecule has 0 unspecified atom stereocenters. The van der Waals surface area contributed by atoms with Gasteiger partial charge in [0.15, 0.2) is 0 Å². The number of benzene rings is 1. The Morgan fingerprint density at radius 2 is 1.93 bits per heavy atom. The van der Waals surface area contributed by atoms with Gasteiger partial charge in [-0.3, -0.25) is 12.9 Å². The van der Waals surface area contributed by atoms with Crippen molar-refractivity contribution in [3.63, 3.8) is 0 Å². The molecule has 0 radical (unpaired) electrons. The zero-order valence-corrected chi connectivity index (χ0v) is 13.1. The lowest BCUT2D eigenvalue weighted by Crippen LogP contribution is -2.22. The highest BCUT2D eigenvalue weighted by atomic mass is 79.9. The van der Waals surface area contributed by atoms with Crippen molar-refractivity contribution >= 4 is 56.4 Å². The number of hydrogen-bond donors (Lipinski definition) is 0. The number of nitrogens with zero attached hydrogens (tertiary/aromatic N) is 1. The van der Waals surface area contributed by atoms with Crippen LogP contribution in [0.2, 0.25) is 0 Å². The van der Waals surface area contributed by atoms with Crippen LogP contribution in [0, 0.1) is 0 Å². The van der Waals surface area contributed by atoms with E-state index >= 15 is 0 Å². The predicted octanol–water partition coefficient (Wildman–Crippen LogP) is 2.93. The fourth-order valence-electron chi connectivity index (χ4n) is 1.43. The normalized spacial score (nSPS) is 9.71. The Morgan fingerprint density at radius 1 is 1.29 bits per heavy atom. The van der Waals surface area contributed by atoms with Crippen LogP contribution < -0.4 is 8.59 Å². The van der Waals surface area contributed by atoms with Gasteiger partial charge in [0.25, 0.3) is 0 Å². The lowest BCUT2D eigenvalue weighted by molar-refractivity contribution is 0.866. The number of rotatable bonds is 4. The summed E-state index contributed by atoms with van der Waals surface area (Å²) in [5.74, 6) is 0. The van der Waals surface area contributed by atoms with Gasteiger partial charge in [0.05, 0.1) is 0 Å². The maximum Gasteiger partial charge on any atom is 0.508 e. The third-order valence-electron chi connectivity index (χ3n) is 2.31. The summed E-state index contributed by atoms with van der Waals surface area (Å²) in [6.07, 6.45) is 0. The molecule has 0 saturated heterocycles. The van der Waals surface area contributed by atoms with E-state index in [0.717, 1.165) is 13.1 Å². The van der Waals surface area contributed by atoms with E-state index in [0.29, 0.717) is 0 Å². The average molecular weight is 331 g/mol. The molecule has 14 heavy (non-hydrogen) atoms. The SMILES string of the molecule is CCN(CC)c1cc[c]([Mg][Br])c(Br)c1. The van der Waals surface area contributed by atoms with Crippen molar-refractivity contribution in [3.8, 4) is 0 Å². The van der Waals surface area contributed by atoms with Crippen molar-refractivity contribution in [3.05, 3.63) is 22.7 Å². The molecule has 0 aliphatic carbocycles. The molecule has 1 aromatic rings. The number of hydrogen-bond acceptors (Lipinski definition) is 1. The minimum atomic E-state index is -0.244. The average Bonchev–Trinajstić information content (AvgIpc) is 2.20. The van der Waals surface area contributed by atoms with Gasteiger partial charge in [-0.25, -0.2) is 0 Å². The van der Waals surface area contributed by atoms with Crippen LogP contribution in [0.3, 0.4) is 0 Å². The van der Waals surface area contributed by atoms with Gasteiger partial charge in [-0.1, -0.05) is 22.0 Å². The standard InChI is InChI=1S/C10H13BrN.BrH.Mg/c1-3-12(4-2)10-7-5-6-9(11)8-10;;/h5,7-8H,3-4H2,1-2H3;1H;/q;;+1/p-1. The highest BCUT2D eigenvalue weighted by Crippen LogP contribution is 2.18. The molecule has 0 aliphatic heterocycles. The molecule has 0 heterocycles. The van der Waals surface area contributed by atoms with E-state index in [9.17, 15) is 0 Å². The van der Waals surface area contributed by atoms with Crippen LogP contribution in [0.15, 0.2) is 22.7 Å². The highest BCUT2D eigenvalue weighted by molar-refractivity contribution is 9.23. The molecule has 1 rings (SSSR count). The van der Waals surface area contributed by atoms with Crippen LogP contribution in [-0.2, 0) is 0 Å². The van der Waals surface area contributed by atoms with Crippen molar-refractivity contribution in [1.29, 1.82) is 0 Å². The summed E-state index contributed by atoms with van der Waals surface area (Å²) in [5, 5.41) is 0. The van der Waals surface area contributed by atoms with Crippen LogP contribution in [0.1, 0.15) is 13.8 Å². The molecule has 74 valence electrons. The van der Waals surface area contributed by atoms with Crippen molar-refractivity contribution in [2.24, 2.45) is 0 Å². The minimum Gasteiger partial charge on any atom is -0.372 e. The second-order valence-corrected chi connectivity index (χ2v) is 6.65. The molecular formula is C10H13Br2MgN. The zero-order valence-electron chi connectivity index (χ0n) is 8.56. The van der Waals surface area contributed by atoms with E-state index in [1.54, 1.807) is 0 Å². The van der Waals surface area contributed by atoms with E-state index in [1.165, 1.54) is 13.9 Å². The van der Waals surface area contributed by atoms with Crippen molar-refractivity contribution in [1.82, 2.24) is 0 Å². The third kappa shape index (κ3) is 3.12. The molecule has 0 aromatic heterocycles. The van der Waals surface area contributed by atoms with Crippen molar-refractivity contribution in [2.45, 2.75) is 13.8 Å². The largest absolute Gasteiger partial charge is 0.508 e. The Morgan fingerprint density at radius 3 is 2.36 bits per heavy atom. The Balaban J connectivity index is 2.95. The zero-order chi connectivity index (χ0) is 10.6. The van der Waals surface area contributed by atoms with Gasteiger partial charge in [-0.15, -0.1) is 3.69 Å². The summed E-state index contributed by atoms with van der Waals surface area (Å²) in [6.45, 7) is 6.50. The van der Waals surface area contributed by atoms with Crippen LogP contribution in [-0.4, -0.2) is 31.3 Å². The Labute approximate surface area is 110 Å². The van der Waals surface area contributed by atoms with E-state index < -0.39 is 0 Å². The van der Waals surface area contributed by atoms with Gasteiger partial charge in [0, 0.05) is 18.8 Å². The molecular weight excluding hydrogens is 318 g/mol. The molecule has 0 saturated carbocycles. The fraction of sp³-hybridized carbons (Fsp3) is 0.400. The van der Waals surface area contributed by atoms with Crippen LogP contribution >= 0.6 is 28.8 Å². The first kappa shape index (κ1) is 12.8. The summed E-state index contributed by atoms with van der Waals surface area (Å²) >= 11 is 6.97. The van der Waals surface area contributed by atoms with Gasteiger partial charge >= 0.3 is 18.2 Å². The first-order valence-corrected chi connectivity index (χ1v) is 10.2. The Kier molecular flexibility index (Phi) is 5.82. The van der Waals surface area contributed by atoms with Crippen molar-refractivity contribution < 1.29 is 0 Å². The molecule has 0 N–H and O–H groups in total. The lowest BCUT2D eigenvalue weighted by atomic mass is 10.3. The summed E-state index contributed by atoms with van der Waals surface area (Å²) in [5.41, 5.74) is 1.31. The summed E-state index contributed by atoms with van der Waals surface area (Å²) in [7, 11) is 0. The maximum absolute atomic E-state index is 3.61. The van der Waals surface area contributed by atoms with Crippen molar-refractivity contribution in [2.75, 3.05) is 18.0 Å². The van der Waals surface area contributed by atoms with Gasteiger partial charge in [0.1, 0.15) is 0 Å². The Bertz CT molecular complexity index is 300. The van der Waals surface area contributed by atoms with E-state index in [-0.39, 0.29) is 18.2 Å². The quantitative estimate of drug-likeness (QED) is 0.767. The monoisotopic (exact) mass is 329 g/mol. The molecule has 1 nitrogen and oxygen atoms in total. The smallest absolute Gasteiger partial charge is 0.372 e. The van der Waals surface area contributed by atoms with E-state index in [2.05, 4.69) is 65.8 Å². The summed E-state index contributed by atoms with van der Waals surface area (Å²) in [4.78, 5) is 2.35. The summed E-state index contributed by atoms with van der Waals surface area (Å²) in [6, 6.07) is 6.65. The van der Waals surface area contributed by atoms with Crippen LogP contribution in [0.25, 0.3) is 0 Å². The Hall–Kier alpha value is 0.746. The molecule has 1 aromatic carbocycles. The molecule has 0 amide bonds. The first-order valence-electron chi connectivity index (χ1n) is 4.82. The predicted molar refractivity (Wildman–Crippen MR) is 72.0 cm³/mol. The molecule has 0 fully saturated rings. The molecule has 4 heteroatoms. The van der Waals surface area contributed by atoms with E-state index in [4.69, 9.17) is 0 Å². The van der Waals surface area contributed by atoms with E-state index in [1.807, 2.05) is 0 Å². The van der Waals surface area contributed by atoms with Gasteiger partial charge in [-0.05, 0) is 30.5 Å². The first-order chi connectivity index (χ1) is 6.72. The lowest BCUT2D eigenvalue weighted by Gasteiger charge is -2.21. The number of anilines is 1. The molecule has 0 bridgehead atoms. The molecule has 0 spiro atoms.